The van der Waals surface area contributed by atoms with Gasteiger partial charge in [-0.25, -0.2) is 4.98 Å². The second-order valence-corrected chi connectivity index (χ2v) is 6.41. The summed E-state index contributed by atoms with van der Waals surface area (Å²) in [5, 5.41) is 2.71. The van der Waals surface area contributed by atoms with Gasteiger partial charge < -0.3 is 20.7 Å². The van der Waals surface area contributed by atoms with E-state index in [2.05, 4.69) is 15.3 Å². The highest BCUT2D eigenvalue weighted by Gasteiger charge is 2.26. The molecular formula is C19H23N5O3. The van der Waals surface area contributed by atoms with E-state index in [0.717, 1.165) is 18.5 Å². The van der Waals surface area contributed by atoms with E-state index in [-0.39, 0.29) is 24.3 Å². The van der Waals surface area contributed by atoms with Crippen LogP contribution in [0.1, 0.15) is 31.4 Å². The van der Waals surface area contributed by atoms with Crippen LogP contribution in [0, 0.1) is 0 Å². The summed E-state index contributed by atoms with van der Waals surface area (Å²) in [5.41, 5.74) is 6.93. The second kappa shape index (κ2) is 8.59. The number of hydrogen-bond donors (Lipinski definition) is 2. The largest absolute Gasteiger partial charge is 0.437 e. The molecule has 2 aromatic rings. The van der Waals surface area contributed by atoms with Gasteiger partial charge >= 0.3 is 0 Å². The number of piperidine rings is 1. The molecule has 2 amide bonds. The SMILES string of the molecule is CC(=O)Nc1ccc(Oc2nccnc2C2CCN(C(=O)CN)CC2)cc1. The minimum atomic E-state index is -0.126. The summed E-state index contributed by atoms with van der Waals surface area (Å²) in [6.45, 7) is 2.81. The second-order valence-electron chi connectivity index (χ2n) is 6.41. The van der Waals surface area contributed by atoms with E-state index in [1.54, 1.807) is 41.6 Å². The van der Waals surface area contributed by atoms with Crippen LogP contribution in [-0.4, -0.2) is 46.3 Å². The predicted octanol–water partition coefficient (Wildman–Crippen LogP) is 1.89. The first kappa shape index (κ1) is 18.8. The van der Waals surface area contributed by atoms with Crippen LogP contribution in [0.3, 0.4) is 0 Å². The summed E-state index contributed by atoms with van der Waals surface area (Å²) >= 11 is 0. The molecule has 1 aliphatic rings. The fourth-order valence-corrected chi connectivity index (χ4v) is 3.15. The molecule has 2 heterocycles. The lowest BCUT2D eigenvalue weighted by Crippen LogP contribution is -2.41. The molecule has 1 aliphatic heterocycles. The minimum absolute atomic E-state index is 0.0247. The van der Waals surface area contributed by atoms with Crippen molar-refractivity contribution in [3.05, 3.63) is 42.4 Å². The lowest BCUT2D eigenvalue weighted by atomic mass is 9.93. The molecule has 3 N–H and O–H groups in total. The molecule has 0 radical (unpaired) electrons. The van der Waals surface area contributed by atoms with Gasteiger partial charge in [-0.1, -0.05) is 0 Å². The number of amides is 2. The Morgan fingerprint density at radius 2 is 1.85 bits per heavy atom. The van der Waals surface area contributed by atoms with Crippen LogP contribution in [-0.2, 0) is 9.59 Å². The first-order valence-corrected chi connectivity index (χ1v) is 8.91. The maximum atomic E-state index is 11.7. The average Bonchev–Trinajstić information content (AvgIpc) is 2.69. The van der Waals surface area contributed by atoms with E-state index < -0.39 is 0 Å². The summed E-state index contributed by atoms with van der Waals surface area (Å²) in [4.78, 5) is 33.4. The van der Waals surface area contributed by atoms with Crippen molar-refractivity contribution in [1.29, 1.82) is 0 Å². The highest BCUT2D eigenvalue weighted by molar-refractivity contribution is 5.88. The molecule has 1 fully saturated rings. The Hall–Kier alpha value is -3.00. The molecule has 1 aromatic carbocycles. The van der Waals surface area contributed by atoms with Gasteiger partial charge in [0, 0.05) is 44.0 Å². The molecule has 0 saturated carbocycles. The van der Waals surface area contributed by atoms with Crippen LogP contribution in [0.2, 0.25) is 0 Å². The van der Waals surface area contributed by atoms with Gasteiger partial charge in [-0.15, -0.1) is 0 Å². The molecule has 27 heavy (non-hydrogen) atoms. The van der Waals surface area contributed by atoms with Crippen molar-refractivity contribution >= 4 is 17.5 Å². The highest BCUT2D eigenvalue weighted by atomic mass is 16.5. The summed E-state index contributed by atoms with van der Waals surface area (Å²) in [6, 6.07) is 7.08. The van der Waals surface area contributed by atoms with Crippen molar-refractivity contribution < 1.29 is 14.3 Å². The number of aromatic nitrogens is 2. The van der Waals surface area contributed by atoms with Crippen LogP contribution in [0.4, 0.5) is 5.69 Å². The molecule has 0 bridgehead atoms. The number of nitrogens with two attached hydrogens (primary N) is 1. The van der Waals surface area contributed by atoms with Crippen molar-refractivity contribution in [2.24, 2.45) is 5.73 Å². The standard InChI is InChI=1S/C19H23N5O3/c1-13(25)23-15-2-4-16(5-3-15)27-19-18(21-8-9-22-19)14-6-10-24(11-7-14)17(26)12-20/h2-5,8-9,14H,6-7,10-12,20H2,1H3,(H,23,25). The summed E-state index contributed by atoms with van der Waals surface area (Å²) < 4.78 is 5.93. The third-order valence-corrected chi connectivity index (χ3v) is 4.49. The van der Waals surface area contributed by atoms with Crippen molar-refractivity contribution in [2.75, 3.05) is 25.0 Å². The van der Waals surface area contributed by atoms with E-state index in [9.17, 15) is 9.59 Å². The molecule has 1 aromatic heterocycles. The molecule has 0 atom stereocenters. The van der Waals surface area contributed by atoms with Gasteiger partial charge in [0.25, 0.3) is 0 Å². The quantitative estimate of drug-likeness (QED) is 0.833. The first-order valence-electron chi connectivity index (χ1n) is 8.91. The van der Waals surface area contributed by atoms with Gasteiger partial charge in [-0.05, 0) is 37.1 Å². The molecular weight excluding hydrogens is 346 g/mol. The number of likely N-dealkylation sites (tertiary alicyclic amines) is 1. The average molecular weight is 369 g/mol. The maximum absolute atomic E-state index is 11.7. The third kappa shape index (κ3) is 4.79. The Labute approximate surface area is 157 Å². The van der Waals surface area contributed by atoms with Gasteiger partial charge in [0.05, 0.1) is 6.54 Å². The molecule has 142 valence electrons. The van der Waals surface area contributed by atoms with Crippen molar-refractivity contribution in [3.8, 4) is 11.6 Å². The van der Waals surface area contributed by atoms with Crippen LogP contribution in [0.15, 0.2) is 36.7 Å². The summed E-state index contributed by atoms with van der Waals surface area (Å²) in [6.07, 6.45) is 4.83. The summed E-state index contributed by atoms with van der Waals surface area (Å²) in [5.74, 6) is 1.10. The normalized spacial score (nSPS) is 14.7. The fraction of sp³-hybridized carbons (Fsp3) is 0.368. The predicted molar refractivity (Wildman–Crippen MR) is 100 cm³/mol. The number of anilines is 1. The number of nitrogens with zero attached hydrogens (tertiary/aromatic N) is 3. The molecule has 3 rings (SSSR count). The van der Waals surface area contributed by atoms with Crippen LogP contribution in [0.25, 0.3) is 0 Å². The number of benzene rings is 1. The Kier molecular flexibility index (Phi) is 5.97. The van der Waals surface area contributed by atoms with Crippen LogP contribution in [0.5, 0.6) is 11.6 Å². The lowest BCUT2D eigenvalue weighted by Gasteiger charge is -2.31. The number of carbonyl (C=O) groups is 2. The van der Waals surface area contributed by atoms with Crippen molar-refractivity contribution in [1.82, 2.24) is 14.9 Å². The molecule has 8 heteroatoms. The van der Waals surface area contributed by atoms with E-state index in [0.29, 0.717) is 30.4 Å². The number of carbonyl (C=O) groups excluding carboxylic acids is 2. The van der Waals surface area contributed by atoms with E-state index >= 15 is 0 Å². The molecule has 0 spiro atoms. The molecule has 8 nitrogen and oxygen atoms in total. The maximum Gasteiger partial charge on any atom is 0.241 e. The molecule has 0 aliphatic carbocycles. The van der Waals surface area contributed by atoms with E-state index in [1.165, 1.54) is 6.92 Å². The zero-order valence-electron chi connectivity index (χ0n) is 15.2. The Morgan fingerprint density at radius 1 is 1.19 bits per heavy atom. The van der Waals surface area contributed by atoms with Crippen LogP contribution < -0.4 is 15.8 Å². The zero-order valence-corrected chi connectivity index (χ0v) is 15.2. The third-order valence-electron chi connectivity index (χ3n) is 4.49. The number of hydrogen-bond acceptors (Lipinski definition) is 6. The van der Waals surface area contributed by atoms with E-state index in [1.807, 2.05) is 0 Å². The van der Waals surface area contributed by atoms with Gasteiger partial charge in [0.1, 0.15) is 11.4 Å². The van der Waals surface area contributed by atoms with E-state index in [4.69, 9.17) is 10.5 Å². The Morgan fingerprint density at radius 3 is 2.48 bits per heavy atom. The smallest absolute Gasteiger partial charge is 0.241 e. The van der Waals surface area contributed by atoms with Crippen molar-refractivity contribution in [3.63, 3.8) is 0 Å². The monoisotopic (exact) mass is 369 g/mol. The van der Waals surface area contributed by atoms with Gasteiger partial charge in [-0.3, -0.25) is 14.6 Å². The molecule has 1 saturated heterocycles. The number of ether oxygens (including phenoxy) is 1. The lowest BCUT2D eigenvalue weighted by molar-refractivity contribution is -0.130. The first-order chi connectivity index (χ1) is 13.1. The highest BCUT2D eigenvalue weighted by Crippen LogP contribution is 2.33. The summed E-state index contributed by atoms with van der Waals surface area (Å²) in [7, 11) is 0. The fourth-order valence-electron chi connectivity index (χ4n) is 3.15. The van der Waals surface area contributed by atoms with Crippen molar-refractivity contribution in [2.45, 2.75) is 25.7 Å². The topological polar surface area (TPSA) is 110 Å². The molecule has 0 unspecified atom stereocenters. The van der Waals surface area contributed by atoms with Gasteiger partial charge in [0.15, 0.2) is 0 Å². The van der Waals surface area contributed by atoms with Gasteiger partial charge in [-0.2, -0.15) is 0 Å². The van der Waals surface area contributed by atoms with Gasteiger partial charge in [0.2, 0.25) is 17.7 Å². The zero-order chi connectivity index (χ0) is 19.2. The Balaban J connectivity index is 1.69. The van der Waals surface area contributed by atoms with Crippen LogP contribution >= 0.6 is 0 Å². The number of rotatable bonds is 5. The number of nitrogens with one attached hydrogen (secondary N) is 1. The Bertz CT molecular complexity index is 801. The minimum Gasteiger partial charge on any atom is -0.437 e.